The van der Waals surface area contributed by atoms with Gasteiger partial charge in [-0.05, 0) is 62.4 Å². The second-order valence-corrected chi connectivity index (χ2v) is 10.1. The average Bonchev–Trinajstić information content (AvgIpc) is 3.53. The number of rotatable bonds is 9. The molecular formula is C27H30ClN5O6. The van der Waals surface area contributed by atoms with E-state index in [2.05, 4.69) is 20.5 Å². The maximum atomic E-state index is 13.4. The number of benzene rings is 1. The Balaban J connectivity index is 1.36. The van der Waals surface area contributed by atoms with Crippen molar-refractivity contribution in [3.8, 4) is 5.75 Å². The molecule has 3 aromatic rings. The number of nitrogens with zero attached hydrogens (tertiary/aromatic N) is 2. The first-order chi connectivity index (χ1) is 18.9. The molecule has 39 heavy (non-hydrogen) atoms. The van der Waals surface area contributed by atoms with E-state index in [1.165, 1.54) is 6.20 Å². The molecule has 3 heterocycles. The highest BCUT2D eigenvalue weighted by Crippen LogP contribution is 2.36. The van der Waals surface area contributed by atoms with Crippen LogP contribution in [-0.2, 0) is 14.4 Å². The zero-order valence-electron chi connectivity index (χ0n) is 21.3. The first-order valence-electron chi connectivity index (χ1n) is 13.0. The van der Waals surface area contributed by atoms with E-state index in [9.17, 15) is 14.4 Å². The van der Waals surface area contributed by atoms with Gasteiger partial charge in [-0.15, -0.1) is 0 Å². The molecule has 2 fully saturated rings. The number of hydrogen-bond acceptors (Lipinski definition) is 8. The van der Waals surface area contributed by atoms with Gasteiger partial charge in [-0.25, -0.2) is 10.9 Å². The molecule has 0 bridgehead atoms. The Kier molecular flexibility index (Phi) is 8.30. The van der Waals surface area contributed by atoms with Crippen molar-refractivity contribution in [1.82, 2.24) is 9.88 Å². The Morgan fingerprint density at radius 3 is 2.64 bits per heavy atom. The van der Waals surface area contributed by atoms with Gasteiger partial charge >= 0.3 is 0 Å². The summed E-state index contributed by atoms with van der Waals surface area (Å²) in [5.41, 5.74) is 0.650. The number of carbonyl (C=O) groups excluding carboxylic acids is 3. The zero-order valence-corrected chi connectivity index (χ0v) is 22.0. The van der Waals surface area contributed by atoms with Crippen molar-refractivity contribution in [3.63, 3.8) is 0 Å². The summed E-state index contributed by atoms with van der Waals surface area (Å²) in [7, 11) is 0. The maximum Gasteiger partial charge on any atom is 0.294 e. The van der Waals surface area contributed by atoms with Crippen LogP contribution in [0.1, 0.15) is 49.1 Å². The molecule has 0 radical (unpaired) electrons. The van der Waals surface area contributed by atoms with Gasteiger partial charge in [0, 0.05) is 36.5 Å². The molecule has 1 aromatic carbocycles. The lowest BCUT2D eigenvalue weighted by Gasteiger charge is -2.34. The summed E-state index contributed by atoms with van der Waals surface area (Å²) in [5.74, 6) is 4.96. The van der Waals surface area contributed by atoms with E-state index in [4.69, 9.17) is 26.7 Å². The molecule has 0 spiro atoms. The normalized spacial score (nSPS) is 19.3. The molecule has 1 aliphatic carbocycles. The van der Waals surface area contributed by atoms with Crippen molar-refractivity contribution in [2.24, 2.45) is 11.8 Å². The van der Waals surface area contributed by atoms with E-state index < -0.39 is 5.91 Å². The Labute approximate surface area is 229 Å². The van der Waals surface area contributed by atoms with E-state index in [1.807, 2.05) is 4.90 Å². The number of aromatic nitrogens is 1. The van der Waals surface area contributed by atoms with Gasteiger partial charge < -0.3 is 29.5 Å². The summed E-state index contributed by atoms with van der Waals surface area (Å²) in [6.07, 6.45) is 5.77. The van der Waals surface area contributed by atoms with Crippen molar-refractivity contribution in [2.45, 2.75) is 44.6 Å². The van der Waals surface area contributed by atoms with Gasteiger partial charge in [-0.2, -0.15) is 0 Å². The Morgan fingerprint density at radius 1 is 1.13 bits per heavy atom. The third kappa shape index (κ3) is 6.16. The van der Waals surface area contributed by atoms with Gasteiger partial charge in [0.25, 0.3) is 5.91 Å². The number of nitrogens with two attached hydrogens (primary N) is 1. The fourth-order valence-electron chi connectivity index (χ4n) is 5.21. The number of nitrogens with one attached hydrogen (secondary N) is 2. The van der Waals surface area contributed by atoms with Crippen LogP contribution in [0.25, 0.3) is 11.0 Å². The van der Waals surface area contributed by atoms with Crippen molar-refractivity contribution in [3.05, 3.63) is 47.3 Å². The van der Waals surface area contributed by atoms with Crippen LogP contribution in [0.5, 0.6) is 5.75 Å². The number of halogens is 1. The van der Waals surface area contributed by atoms with Crippen LogP contribution in [0.2, 0.25) is 5.02 Å². The maximum absolute atomic E-state index is 13.4. The number of furan rings is 1. The largest absolute Gasteiger partial charge is 0.491 e. The minimum absolute atomic E-state index is 0.0612. The fraction of sp³-hybridized carbons (Fsp3) is 0.407. The molecule has 4 N–H and O–H groups in total. The third-order valence-corrected chi connectivity index (χ3v) is 7.39. The van der Waals surface area contributed by atoms with Crippen molar-refractivity contribution >= 4 is 51.8 Å². The number of fused-ring (bicyclic) bond motifs is 1. The van der Waals surface area contributed by atoms with Crippen molar-refractivity contribution in [1.29, 1.82) is 0 Å². The van der Waals surface area contributed by atoms with Crippen LogP contribution >= 0.6 is 11.6 Å². The molecule has 206 valence electrons. The number of carbonyl (C=O) groups is 3. The second kappa shape index (κ2) is 12.0. The summed E-state index contributed by atoms with van der Waals surface area (Å²) in [4.78, 5) is 49.4. The summed E-state index contributed by atoms with van der Waals surface area (Å²) in [6, 6.07) is 8.40. The smallest absolute Gasteiger partial charge is 0.294 e. The zero-order chi connectivity index (χ0) is 27.4. The summed E-state index contributed by atoms with van der Waals surface area (Å²) < 4.78 is 11.6. The van der Waals surface area contributed by atoms with Crippen LogP contribution in [0, 0.1) is 5.92 Å². The topological polar surface area (TPSA) is 149 Å². The Morgan fingerprint density at radius 2 is 1.95 bits per heavy atom. The van der Waals surface area contributed by atoms with Gasteiger partial charge in [-0.3, -0.25) is 14.4 Å². The predicted molar refractivity (Wildman–Crippen MR) is 144 cm³/mol. The molecule has 1 saturated carbocycles. The average molecular weight is 556 g/mol. The van der Waals surface area contributed by atoms with Crippen LogP contribution in [0.15, 0.2) is 40.9 Å². The highest BCUT2D eigenvalue weighted by atomic mass is 35.5. The monoisotopic (exact) mass is 555 g/mol. The first kappa shape index (κ1) is 26.9. The molecular weight excluding hydrogens is 526 g/mol. The predicted octanol–water partition coefficient (Wildman–Crippen LogP) is 4.12. The van der Waals surface area contributed by atoms with Crippen LogP contribution in [-0.4, -0.2) is 53.4 Å². The third-order valence-electron chi connectivity index (χ3n) is 7.17. The molecule has 2 aromatic heterocycles. The Bertz CT molecular complexity index is 1350. The Hall–Kier alpha value is -3.67. The molecule has 1 aliphatic heterocycles. The number of ether oxygens (including phenoxy) is 1. The van der Waals surface area contributed by atoms with Gasteiger partial charge in [0.1, 0.15) is 36.1 Å². The lowest BCUT2D eigenvalue weighted by molar-refractivity contribution is -0.130. The van der Waals surface area contributed by atoms with E-state index in [1.54, 1.807) is 30.3 Å². The SMILES string of the molecule is NOCCOc1ccc2oc(C(=O)Nc3ccc(Cl)cn3)c(NC(=O)C3CCC(N4CCCC4=O)CC3)c2c1. The van der Waals surface area contributed by atoms with E-state index in [-0.39, 0.29) is 54.3 Å². The molecule has 3 amide bonds. The van der Waals surface area contributed by atoms with E-state index >= 15 is 0 Å². The van der Waals surface area contributed by atoms with E-state index in [0.717, 1.165) is 25.8 Å². The quantitative estimate of drug-likeness (QED) is 0.264. The van der Waals surface area contributed by atoms with Gasteiger partial charge in [0.05, 0.1) is 5.02 Å². The summed E-state index contributed by atoms with van der Waals surface area (Å²) in [5, 5.41) is 6.58. The molecule has 12 heteroatoms. The fourth-order valence-corrected chi connectivity index (χ4v) is 5.32. The highest BCUT2D eigenvalue weighted by Gasteiger charge is 2.34. The highest BCUT2D eigenvalue weighted by molar-refractivity contribution is 6.30. The number of anilines is 2. The standard InChI is InChI=1S/C27H30ClN5O6/c28-17-5-10-22(30-15-17)31-27(36)25-24(20-14-19(37-12-13-38-29)8-9-21(20)39-25)32-26(35)16-3-6-18(7-4-16)33-11-1-2-23(33)34/h5,8-10,14-16,18H,1-4,6-7,11-13,29H2,(H,32,35)(H,30,31,36). The summed E-state index contributed by atoms with van der Waals surface area (Å²) in [6.45, 7) is 1.21. The molecule has 1 saturated heterocycles. The molecule has 11 nitrogen and oxygen atoms in total. The van der Waals surface area contributed by atoms with Gasteiger partial charge in [-0.1, -0.05) is 11.6 Å². The van der Waals surface area contributed by atoms with Crippen LogP contribution in [0.3, 0.4) is 0 Å². The van der Waals surface area contributed by atoms with Gasteiger partial charge in [0.2, 0.25) is 17.6 Å². The number of pyridine rings is 1. The lowest BCUT2D eigenvalue weighted by atomic mass is 9.84. The minimum Gasteiger partial charge on any atom is -0.491 e. The van der Waals surface area contributed by atoms with E-state index in [0.29, 0.717) is 41.0 Å². The molecule has 0 atom stereocenters. The molecule has 5 rings (SSSR count). The molecule has 2 aliphatic rings. The molecule has 0 unspecified atom stereocenters. The summed E-state index contributed by atoms with van der Waals surface area (Å²) >= 11 is 5.90. The number of amides is 3. The van der Waals surface area contributed by atoms with Crippen molar-refractivity contribution in [2.75, 3.05) is 30.4 Å². The number of hydrogen-bond donors (Lipinski definition) is 3. The second-order valence-electron chi connectivity index (χ2n) is 9.68. The lowest BCUT2D eigenvalue weighted by Crippen LogP contribution is -2.40. The first-order valence-corrected chi connectivity index (χ1v) is 13.3. The van der Waals surface area contributed by atoms with Crippen LogP contribution < -0.4 is 21.3 Å². The van der Waals surface area contributed by atoms with Crippen LogP contribution in [0.4, 0.5) is 11.5 Å². The van der Waals surface area contributed by atoms with Gasteiger partial charge in [0.15, 0.2) is 0 Å². The van der Waals surface area contributed by atoms with Crippen molar-refractivity contribution < 1.29 is 28.4 Å². The minimum atomic E-state index is -0.577. The number of likely N-dealkylation sites (tertiary alicyclic amines) is 1.